The number of nitrogens with two attached hydrogens (primary N) is 1. The maximum Gasteiger partial charge on any atom is 0.267 e. The Morgan fingerprint density at radius 3 is 2.85 bits per heavy atom. The molecule has 3 aromatic heterocycles. The molecule has 3 N–H and O–H groups in total. The molecule has 3 heterocycles. The Hall–Kier alpha value is -1.68. The highest BCUT2D eigenvalue weighted by molar-refractivity contribution is 14.1. The molecule has 0 unspecified atom stereocenters. The molecule has 26 heavy (non-hydrogen) atoms. The van der Waals surface area contributed by atoms with Crippen molar-refractivity contribution in [3.63, 3.8) is 0 Å². The third-order valence-corrected chi connectivity index (χ3v) is 6.93. The first-order chi connectivity index (χ1) is 12.5. The van der Waals surface area contributed by atoms with Crippen LogP contribution in [0.2, 0.25) is 5.02 Å². The number of nitrogen functional groups attached to an aromatic ring is 1. The minimum Gasteiger partial charge on any atom is -0.397 e. The fourth-order valence-electron chi connectivity index (χ4n) is 2.50. The monoisotopic (exact) mass is 511 g/mol. The second-order valence-electron chi connectivity index (χ2n) is 5.45. The lowest BCUT2D eigenvalue weighted by Crippen LogP contribution is -2.12. The maximum atomic E-state index is 12.7. The molecular weight excluding hydrogens is 501 g/mol. The van der Waals surface area contributed by atoms with Gasteiger partial charge in [0.2, 0.25) is 0 Å². The van der Waals surface area contributed by atoms with Crippen molar-refractivity contribution in [3.8, 4) is 10.6 Å². The number of pyridine rings is 1. The van der Waals surface area contributed by atoms with E-state index in [1.807, 2.05) is 35.7 Å². The summed E-state index contributed by atoms with van der Waals surface area (Å²) < 4.78 is 0.901. The van der Waals surface area contributed by atoms with Crippen molar-refractivity contribution in [3.05, 3.63) is 61.3 Å². The van der Waals surface area contributed by atoms with Crippen molar-refractivity contribution in [2.45, 2.75) is 0 Å². The SMILES string of the molecule is Nc1c(C(=O)Nc2cc(Cl)ccc2I)sc2nc(-c3cccs3)ccc12. The van der Waals surface area contributed by atoms with Gasteiger partial charge in [-0.25, -0.2) is 4.98 Å². The van der Waals surface area contributed by atoms with Gasteiger partial charge in [0, 0.05) is 14.0 Å². The number of fused-ring (bicyclic) bond motifs is 1. The van der Waals surface area contributed by atoms with Crippen molar-refractivity contribution in [1.29, 1.82) is 0 Å². The van der Waals surface area contributed by atoms with Crippen LogP contribution in [-0.4, -0.2) is 10.9 Å². The number of anilines is 2. The first-order valence-electron chi connectivity index (χ1n) is 7.52. The molecule has 130 valence electrons. The van der Waals surface area contributed by atoms with Gasteiger partial charge in [0.15, 0.2) is 0 Å². The summed E-state index contributed by atoms with van der Waals surface area (Å²) in [6.45, 7) is 0. The lowest BCUT2D eigenvalue weighted by Gasteiger charge is -2.07. The molecule has 1 aromatic carbocycles. The summed E-state index contributed by atoms with van der Waals surface area (Å²) in [5, 5.41) is 6.25. The van der Waals surface area contributed by atoms with Gasteiger partial charge in [-0.15, -0.1) is 22.7 Å². The lowest BCUT2D eigenvalue weighted by molar-refractivity contribution is 0.103. The number of hydrogen-bond acceptors (Lipinski definition) is 5. The molecule has 0 aliphatic rings. The minimum atomic E-state index is -0.261. The van der Waals surface area contributed by atoms with Crippen molar-refractivity contribution in [2.75, 3.05) is 11.1 Å². The van der Waals surface area contributed by atoms with Gasteiger partial charge in [-0.2, -0.15) is 0 Å². The molecule has 8 heteroatoms. The van der Waals surface area contributed by atoms with Gasteiger partial charge in [0.05, 0.1) is 21.9 Å². The van der Waals surface area contributed by atoms with E-state index in [0.717, 1.165) is 24.4 Å². The second kappa shape index (κ2) is 7.15. The van der Waals surface area contributed by atoms with Crippen LogP contribution in [-0.2, 0) is 0 Å². The Morgan fingerprint density at radius 1 is 1.23 bits per heavy atom. The quantitative estimate of drug-likeness (QED) is 0.326. The van der Waals surface area contributed by atoms with Gasteiger partial charge in [0.1, 0.15) is 9.71 Å². The number of halogens is 2. The normalized spacial score (nSPS) is 11.0. The highest BCUT2D eigenvalue weighted by Crippen LogP contribution is 2.35. The van der Waals surface area contributed by atoms with Crippen LogP contribution in [0.1, 0.15) is 9.67 Å². The molecule has 0 fully saturated rings. The zero-order valence-electron chi connectivity index (χ0n) is 13.1. The van der Waals surface area contributed by atoms with Crippen molar-refractivity contribution < 1.29 is 4.79 Å². The van der Waals surface area contributed by atoms with Gasteiger partial charge in [-0.3, -0.25) is 4.79 Å². The number of amides is 1. The first-order valence-corrected chi connectivity index (χ1v) is 10.7. The van der Waals surface area contributed by atoms with Crippen LogP contribution in [0.3, 0.4) is 0 Å². The zero-order chi connectivity index (χ0) is 18.3. The predicted octanol–water partition coefficient (Wildman–Crippen LogP) is 6.12. The lowest BCUT2D eigenvalue weighted by atomic mass is 10.2. The second-order valence-corrected chi connectivity index (χ2v) is 9.00. The molecule has 0 atom stereocenters. The van der Waals surface area contributed by atoms with Crippen LogP contribution in [0.4, 0.5) is 11.4 Å². The summed E-state index contributed by atoms with van der Waals surface area (Å²) in [5.41, 5.74) is 8.20. The summed E-state index contributed by atoms with van der Waals surface area (Å²) >= 11 is 11.1. The summed E-state index contributed by atoms with van der Waals surface area (Å²) in [6.07, 6.45) is 0. The molecule has 4 aromatic rings. The van der Waals surface area contributed by atoms with Crippen LogP contribution in [0.5, 0.6) is 0 Å². The molecule has 0 aliphatic heterocycles. The molecule has 4 nitrogen and oxygen atoms in total. The summed E-state index contributed by atoms with van der Waals surface area (Å²) in [4.78, 5) is 19.7. The molecular formula is C18H11ClIN3OS2. The Balaban J connectivity index is 1.71. The molecule has 1 amide bonds. The topological polar surface area (TPSA) is 68.0 Å². The van der Waals surface area contributed by atoms with E-state index in [-0.39, 0.29) is 5.91 Å². The average Bonchev–Trinajstić information content (AvgIpc) is 3.26. The zero-order valence-corrected chi connectivity index (χ0v) is 17.7. The van der Waals surface area contributed by atoms with E-state index in [2.05, 4.69) is 32.9 Å². The number of thiophene rings is 2. The standard InChI is InChI=1S/C18H11ClIN3OS2/c19-9-3-5-11(20)13(8-9)22-17(24)16-15(21)10-4-6-12(23-18(10)26-16)14-2-1-7-25-14/h1-8H,21H2,(H,22,24). The van der Waals surface area contributed by atoms with Gasteiger partial charge in [0.25, 0.3) is 5.91 Å². The highest BCUT2D eigenvalue weighted by Gasteiger charge is 2.19. The largest absolute Gasteiger partial charge is 0.397 e. The maximum absolute atomic E-state index is 12.7. The Kier molecular flexibility index (Phi) is 4.87. The third kappa shape index (κ3) is 3.32. The molecule has 0 bridgehead atoms. The molecule has 0 radical (unpaired) electrons. The van der Waals surface area contributed by atoms with Crippen LogP contribution in [0, 0.1) is 3.57 Å². The number of carbonyl (C=O) groups excluding carboxylic acids is 1. The molecule has 0 saturated heterocycles. The van der Waals surface area contributed by atoms with Crippen molar-refractivity contribution in [1.82, 2.24) is 4.98 Å². The molecule has 4 rings (SSSR count). The third-order valence-electron chi connectivity index (χ3n) is 3.75. The van der Waals surface area contributed by atoms with Crippen LogP contribution in [0.25, 0.3) is 20.8 Å². The fourth-order valence-corrected chi connectivity index (χ4v) is 4.83. The van der Waals surface area contributed by atoms with Crippen molar-refractivity contribution >= 4 is 84.4 Å². The first kappa shape index (κ1) is 17.7. The Bertz CT molecular complexity index is 1130. The van der Waals surface area contributed by atoms with Gasteiger partial charge >= 0.3 is 0 Å². The van der Waals surface area contributed by atoms with E-state index in [4.69, 9.17) is 17.3 Å². The smallest absolute Gasteiger partial charge is 0.267 e. The summed E-state index contributed by atoms with van der Waals surface area (Å²) in [7, 11) is 0. The van der Waals surface area contributed by atoms with Gasteiger partial charge in [-0.05, 0) is 64.4 Å². The number of carbonyl (C=O) groups is 1. The van der Waals surface area contributed by atoms with Gasteiger partial charge in [-0.1, -0.05) is 17.7 Å². The predicted molar refractivity (Wildman–Crippen MR) is 119 cm³/mol. The molecule has 0 spiro atoms. The number of nitrogens with zero attached hydrogens (tertiary/aromatic N) is 1. The van der Waals surface area contributed by atoms with E-state index in [0.29, 0.717) is 21.3 Å². The number of aromatic nitrogens is 1. The fraction of sp³-hybridized carbons (Fsp3) is 0. The van der Waals surface area contributed by atoms with E-state index in [1.165, 1.54) is 11.3 Å². The van der Waals surface area contributed by atoms with E-state index in [1.54, 1.807) is 23.5 Å². The van der Waals surface area contributed by atoms with E-state index < -0.39 is 0 Å². The minimum absolute atomic E-state index is 0.261. The number of hydrogen-bond donors (Lipinski definition) is 2. The van der Waals surface area contributed by atoms with E-state index >= 15 is 0 Å². The Labute approximate surface area is 176 Å². The number of benzene rings is 1. The molecule has 0 aliphatic carbocycles. The van der Waals surface area contributed by atoms with Crippen LogP contribution < -0.4 is 11.1 Å². The number of nitrogens with one attached hydrogen (secondary N) is 1. The average molecular weight is 512 g/mol. The van der Waals surface area contributed by atoms with Gasteiger partial charge < -0.3 is 11.1 Å². The number of rotatable bonds is 3. The Morgan fingerprint density at radius 2 is 2.08 bits per heavy atom. The molecule has 0 saturated carbocycles. The highest BCUT2D eigenvalue weighted by atomic mass is 127. The van der Waals surface area contributed by atoms with Crippen LogP contribution in [0.15, 0.2) is 47.8 Å². The summed E-state index contributed by atoms with van der Waals surface area (Å²) in [5.74, 6) is -0.261. The van der Waals surface area contributed by atoms with Crippen molar-refractivity contribution in [2.24, 2.45) is 0 Å². The van der Waals surface area contributed by atoms with E-state index in [9.17, 15) is 4.79 Å². The van der Waals surface area contributed by atoms with Crippen LogP contribution >= 0.6 is 56.9 Å². The summed E-state index contributed by atoms with van der Waals surface area (Å²) in [6, 6.07) is 13.2.